The van der Waals surface area contributed by atoms with Crippen LogP contribution in [0.5, 0.6) is 0 Å². The molecule has 0 bridgehead atoms. The normalized spacial score (nSPS) is 19.3. The lowest BCUT2D eigenvalue weighted by atomic mass is 10.0. The lowest BCUT2D eigenvalue weighted by Crippen LogP contribution is -2.44. The molecule has 0 saturated carbocycles. The maximum absolute atomic E-state index is 13.9. The second-order valence-electron chi connectivity index (χ2n) is 9.06. The fourth-order valence-corrected chi connectivity index (χ4v) is 4.95. The molecule has 1 unspecified atom stereocenters. The Kier molecular flexibility index (Phi) is 5.33. The molecule has 0 amide bonds. The first kappa shape index (κ1) is 21.0. The molecule has 2 fully saturated rings. The SMILES string of the molecule is CN1CCN(c2cnc(-c3cnc4ccc(N5CCCC5c5cccc(F)c5)nn34)cn2)CC1. The molecule has 174 valence electrons. The van der Waals surface area contributed by atoms with E-state index in [0.29, 0.717) is 0 Å². The van der Waals surface area contributed by atoms with Crippen LogP contribution in [-0.2, 0) is 0 Å². The lowest BCUT2D eigenvalue weighted by molar-refractivity contribution is 0.312. The number of imidazole rings is 1. The number of nitrogens with zero attached hydrogens (tertiary/aromatic N) is 8. The minimum atomic E-state index is -0.205. The van der Waals surface area contributed by atoms with Crippen LogP contribution in [0.25, 0.3) is 17.0 Å². The molecule has 0 N–H and O–H groups in total. The van der Waals surface area contributed by atoms with Crippen LogP contribution in [0.2, 0.25) is 0 Å². The summed E-state index contributed by atoms with van der Waals surface area (Å²) in [6.07, 6.45) is 7.44. The van der Waals surface area contributed by atoms with Crippen molar-refractivity contribution in [1.29, 1.82) is 0 Å². The monoisotopic (exact) mass is 458 g/mol. The Bertz CT molecular complexity index is 1300. The van der Waals surface area contributed by atoms with E-state index < -0.39 is 0 Å². The van der Waals surface area contributed by atoms with Crippen molar-refractivity contribution in [3.63, 3.8) is 0 Å². The standard InChI is InChI=1S/C25H27FN8/c1-31-10-12-32(13-11-31)25-17-27-20(15-28-25)22-16-29-23-7-8-24(30-34(22)23)33-9-3-6-21(33)18-4-2-5-19(26)14-18/h2,4-5,7-8,14-17,21H,3,6,9-13H2,1H3. The van der Waals surface area contributed by atoms with Crippen molar-refractivity contribution in [3.8, 4) is 11.4 Å². The predicted octanol–water partition coefficient (Wildman–Crippen LogP) is 3.42. The minimum absolute atomic E-state index is 0.107. The van der Waals surface area contributed by atoms with E-state index in [9.17, 15) is 4.39 Å². The van der Waals surface area contributed by atoms with Crippen LogP contribution < -0.4 is 9.80 Å². The summed E-state index contributed by atoms with van der Waals surface area (Å²) < 4.78 is 15.7. The van der Waals surface area contributed by atoms with Gasteiger partial charge < -0.3 is 14.7 Å². The van der Waals surface area contributed by atoms with Gasteiger partial charge in [-0.2, -0.15) is 0 Å². The zero-order valence-corrected chi connectivity index (χ0v) is 19.2. The first-order valence-corrected chi connectivity index (χ1v) is 11.8. The molecular formula is C25H27FN8. The van der Waals surface area contributed by atoms with Crippen LogP contribution in [0, 0.1) is 5.82 Å². The Labute approximate surface area is 197 Å². The van der Waals surface area contributed by atoms with Gasteiger partial charge in [-0.25, -0.2) is 23.9 Å². The summed E-state index contributed by atoms with van der Waals surface area (Å²) in [6, 6.07) is 10.9. The van der Waals surface area contributed by atoms with Crippen molar-refractivity contribution in [1.82, 2.24) is 29.5 Å². The highest BCUT2D eigenvalue weighted by atomic mass is 19.1. The van der Waals surface area contributed by atoms with Crippen LogP contribution in [0.1, 0.15) is 24.4 Å². The Morgan fingerprint density at radius 3 is 2.56 bits per heavy atom. The van der Waals surface area contributed by atoms with E-state index in [0.717, 1.165) is 79.8 Å². The van der Waals surface area contributed by atoms with Gasteiger partial charge in [0.15, 0.2) is 5.65 Å². The van der Waals surface area contributed by atoms with Gasteiger partial charge in [0, 0.05) is 32.7 Å². The molecule has 2 saturated heterocycles. The summed E-state index contributed by atoms with van der Waals surface area (Å²) in [5, 5.41) is 4.91. The number of likely N-dealkylation sites (N-methyl/N-ethyl adjacent to an activating group) is 1. The average molecular weight is 459 g/mol. The zero-order valence-electron chi connectivity index (χ0n) is 19.2. The summed E-state index contributed by atoms with van der Waals surface area (Å²) in [4.78, 5) is 20.7. The number of rotatable bonds is 4. The van der Waals surface area contributed by atoms with Gasteiger partial charge in [0.05, 0.1) is 24.6 Å². The Balaban J connectivity index is 1.29. The van der Waals surface area contributed by atoms with Gasteiger partial charge in [0.1, 0.15) is 28.8 Å². The molecule has 2 aliphatic rings. The van der Waals surface area contributed by atoms with Gasteiger partial charge in [-0.1, -0.05) is 12.1 Å². The molecule has 1 atom stereocenters. The van der Waals surface area contributed by atoms with Gasteiger partial charge >= 0.3 is 0 Å². The van der Waals surface area contributed by atoms with E-state index >= 15 is 0 Å². The molecule has 1 aromatic carbocycles. The molecule has 2 aliphatic heterocycles. The second kappa shape index (κ2) is 8.64. The van der Waals surface area contributed by atoms with Crippen LogP contribution in [0.3, 0.4) is 0 Å². The molecule has 0 radical (unpaired) electrons. The first-order chi connectivity index (χ1) is 16.7. The molecule has 0 spiro atoms. The second-order valence-corrected chi connectivity index (χ2v) is 9.06. The number of hydrogen-bond donors (Lipinski definition) is 0. The summed E-state index contributed by atoms with van der Waals surface area (Å²) in [7, 11) is 2.14. The summed E-state index contributed by atoms with van der Waals surface area (Å²) >= 11 is 0. The summed E-state index contributed by atoms with van der Waals surface area (Å²) in [5.41, 5.74) is 3.27. The van der Waals surface area contributed by atoms with E-state index in [2.05, 4.69) is 31.7 Å². The lowest BCUT2D eigenvalue weighted by Gasteiger charge is -2.32. The van der Waals surface area contributed by atoms with E-state index in [-0.39, 0.29) is 11.9 Å². The third-order valence-electron chi connectivity index (χ3n) is 6.86. The van der Waals surface area contributed by atoms with Gasteiger partial charge in [-0.05, 0) is 49.7 Å². The highest BCUT2D eigenvalue weighted by Crippen LogP contribution is 2.35. The number of aromatic nitrogens is 5. The molecular weight excluding hydrogens is 431 g/mol. The quantitative estimate of drug-likeness (QED) is 0.464. The molecule has 8 nitrogen and oxygen atoms in total. The number of fused-ring (bicyclic) bond motifs is 1. The van der Waals surface area contributed by atoms with Crippen LogP contribution >= 0.6 is 0 Å². The molecule has 3 aromatic heterocycles. The molecule has 6 rings (SSSR count). The molecule has 0 aliphatic carbocycles. The highest BCUT2D eigenvalue weighted by Gasteiger charge is 2.28. The highest BCUT2D eigenvalue weighted by molar-refractivity contribution is 5.61. The average Bonchev–Trinajstić information content (AvgIpc) is 3.52. The Morgan fingerprint density at radius 1 is 0.882 bits per heavy atom. The maximum atomic E-state index is 13.9. The van der Waals surface area contributed by atoms with Crippen molar-refractivity contribution in [2.24, 2.45) is 0 Å². The number of piperazine rings is 1. The minimum Gasteiger partial charge on any atom is -0.353 e. The summed E-state index contributed by atoms with van der Waals surface area (Å²) in [6.45, 7) is 4.83. The molecule has 34 heavy (non-hydrogen) atoms. The summed E-state index contributed by atoms with van der Waals surface area (Å²) in [5.74, 6) is 1.54. The number of anilines is 2. The topological polar surface area (TPSA) is 65.7 Å². The van der Waals surface area contributed by atoms with Gasteiger partial charge in [0.25, 0.3) is 0 Å². The fourth-order valence-electron chi connectivity index (χ4n) is 4.95. The van der Waals surface area contributed by atoms with Crippen LogP contribution in [0.15, 0.2) is 55.0 Å². The Hall–Kier alpha value is -3.59. The third-order valence-corrected chi connectivity index (χ3v) is 6.86. The predicted molar refractivity (Wildman–Crippen MR) is 129 cm³/mol. The van der Waals surface area contributed by atoms with E-state index in [1.54, 1.807) is 24.5 Å². The van der Waals surface area contributed by atoms with Crippen LogP contribution in [0.4, 0.5) is 16.0 Å². The Morgan fingerprint density at radius 2 is 1.76 bits per heavy atom. The number of benzene rings is 1. The first-order valence-electron chi connectivity index (χ1n) is 11.8. The molecule has 4 aromatic rings. The van der Waals surface area contributed by atoms with Crippen molar-refractivity contribution in [2.45, 2.75) is 18.9 Å². The van der Waals surface area contributed by atoms with Crippen molar-refractivity contribution >= 4 is 17.3 Å². The van der Waals surface area contributed by atoms with Crippen molar-refractivity contribution in [2.75, 3.05) is 49.6 Å². The van der Waals surface area contributed by atoms with Gasteiger partial charge in [-0.15, -0.1) is 5.10 Å². The van der Waals surface area contributed by atoms with Crippen molar-refractivity contribution in [3.05, 3.63) is 66.4 Å². The smallest absolute Gasteiger partial charge is 0.154 e. The van der Waals surface area contributed by atoms with Gasteiger partial charge in [-0.3, -0.25) is 0 Å². The van der Waals surface area contributed by atoms with E-state index in [1.165, 1.54) is 6.07 Å². The van der Waals surface area contributed by atoms with E-state index in [4.69, 9.17) is 10.1 Å². The third kappa shape index (κ3) is 3.86. The fraction of sp³-hybridized carbons (Fsp3) is 0.360. The van der Waals surface area contributed by atoms with E-state index in [1.807, 2.05) is 28.9 Å². The number of hydrogen-bond acceptors (Lipinski definition) is 7. The zero-order chi connectivity index (χ0) is 23.1. The largest absolute Gasteiger partial charge is 0.353 e. The van der Waals surface area contributed by atoms with Crippen molar-refractivity contribution < 1.29 is 4.39 Å². The van der Waals surface area contributed by atoms with Crippen LogP contribution in [-0.4, -0.2) is 69.2 Å². The number of halogens is 1. The molecule has 9 heteroatoms. The molecule has 5 heterocycles. The van der Waals surface area contributed by atoms with Gasteiger partial charge in [0.2, 0.25) is 0 Å². The maximum Gasteiger partial charge on any atom is 0.154 e.